The number of halogens is 1. The van der Waals surface area contributed by atoms with Crippen molar-refractivity contribution in [3.05, 3.63) is 59.6 Å². The molecule has 6 nitrogen and oxygen atoms in total. The van der Waals surface area contributed by atoms with Crippen LogP contribution in [0.3, 0.4) is 0 Å². The van der Waals surface area contributed by atoms with Crippen LogP contribution in [-0.2, 0) is 11.2 Å². The Kier molecular flexibility index (Phi) is 7.08. The molecule has 0 atom stereocenters. The van der Waals surface area contributed by atoms with Gasteiger partial charge in [0.2, 0.25) is 0 Å². The number of hydrogen-bond acceptors (Lipinski definition) is 4. The van der Waals surface area contributed by atoms with Crippen LogP contribution in [0.5, 0.6) is 0 Å². The van der Waals surface area contributed by atoms with Crippen molar-refractivity contribution in [2.75, 3.05) is 33.0 Å². The number of nitrogens with one attached hydrogen (secondary N) is 1. The number of carbonyl (C=O) groups excluding carboxylic acids is 1. The Labute approximate surface area is 164 Å². The van der Waals surface area contributed by atoms with Gasteiger partial charge >= 0.3 is 0 Å². The van der Waals surface area contributed by atoms with E-state index in [1.807, 2.05) is 13.0 Å². The molecular formula is C21H25FN4O2. The molecule has 1 aliphatic heterocycles. The first-order chi connectivity index (χ1) is 13.7. The van der Waals surface area contributed by atoms with Gasteiger partial charge < -0.3 is 9.64 Å². The second-order valence-electron chi connectivity index (χ2n) is 6.52. The monoisotopic (exact) mass is 384 g/mol. The summed E-state index contributed by atoms with van der Waals surface area (Å²) in [7, 11) is 0. The third kappa shape index (κ3) is 4.92. The van der Waals surface area contributed by atoms with Crippen molar-refractivity contribution in [3.63, 3.8) is 0 Å². The number of aromatic amines is 1. The lowest BCUT2D eigenvalue weighted by Crippen LogP contribution is -2.40. The van der Waals surface area contributed by atoms with E-state index >= 15 is 0 Å². The highest BCUT2D eigenvalue weighted by Crippen LogP contribution is 2.24. The van der Waals surface area contributed by atoms with Crippen LogP contribution >= 0.6 is 0 Å². The summed E-state index contributed by atoms with van der Waals surface area (Å²) in [6.45, 7) is 3.80. The van der Waals surface area contributed by atoms with Crippen LogP contribution in [0.2, 0.25) is 0 Å². The second kappa shape index (κ2) is 9.94. The maximum Gasteiger partial charge on any atom is 0.256 e. The first kappa shape index (κ1) is 19.9. The van der Waals surface area contributed by atoms with E-state index in [0.717, 1.165) is 23.3 Å². The maximum absolute atomic E-state index is 12.9. The van der Waals surface area contributed by atoms with Gasteiger partial charge in [-0.25, -0.2) is 4.39 Å². The number of pyridine rings is 1. The molecule has 2 aromatic rings. The Hall–Kier alpha value is -2.80. The minimum atomic E-state index is -0.487. The summed E-state index contributed by atoms with van der Waals surface area (Å²) >= 11 is 0. The van der Waals surface area contributed by atoms with Gasteiger partial charge in [0.15, 0.2) is 0 Å². The summed E-state index contributed by atoms with van der Waals surface area (Å²) < 4.78 is 17.8. The van der Waals surface area contributed by atoms with Crippen LogP contribution in [0.15, 0.2) is 48.3 Å². The molecule has 1 saturated heterocycles. The molecule has 0 saturated carbocycles. The molecule has 0 bridgehead atoms. The molecule has 3 rings (SSSR count). The van der Waals surface area contributed by atoms with Gasteiger partial charge in [0, 0.05) is 43.2 Å². The normalized spacial score (nSPS) is 15.4. The molecule has 0 spiro atoms. The summed E-state index contributed by atoms with van der Waals surface area (Å²) in [6, 6.07) is 3.73. The Morgan fingerprint density at radius 3 is 2.96 bits per heavy atom. The summed E-state index contributed by atoms with van der Waals surface area (Å²) in [6.07, 6.45) is 10.1. The van der Waals surface area contributed by atoms with Gasteiger partial charge in [0.1, 0.15) is 6.67 Å². The number of carbonyl (C=O) groups is 1. The van der Waals surface area contributed by atoms with Gasteiger partial charge in [-0.3, -0.25) is 14.9 Å². The van der Waals surface area contributed by atoms with Crippen LogP contribution in [0.4, 0.5) is 4.39 Å². The Bertz CT molecular complexity index is 854. The van der Waals surface area contributed by atoms with Crippen LogP contribution in [0.25, 0.3) is 11.3 Å². The van der Waals surface area contributed by atoms with Crippen molar-refractivity contribution >= 4 is 5.91 Å². The Morgan fingerprint density at radius 2 is 2.21 bits per heavy atom. The van der Waals surface area contributed by atoms with Gasteiger partial charge in [-0.2, -0.15) is 5.10 Å². The summed E-state index contributed by atoms with van der Waals surface area (Å²) in [5.41, 5.74) is 3.90. The highest BCUT2D eigenvalue weighted by atomic mass is 19.1. The zero-order chi connectivity index (χ0) is 19.8. The number of ether oxygens (including phenoxy) is 1. The molecule has 0 aliphatic carbocycles. The smallest absolute Gasteiger partial charge is 0.256 e. The van der Waals surface area contributed by atoms with E-state index in [1.54, 1.807) is 29.4 Å². The topological polar surface area (TPSA) is 71.1 Å². The minimum Gasteiger partial charge on any atom is -0.378 e. The van der Waals surface area contributed by atoms with Crippen molar-refractivity contribution in [1.29, 1.82) is 0 Å². The predicted molar refractivity (Wildman–Crippen MR) is 106 cm³/mol. The fourth-order valence-electron chi connectivity index (χ4n) is 3.19. The predicted octanol–water partition coefficient (Wildman–Crippen LogP) is 3.35. The number of morpholine rings is 1. The quantitative estimate of drug-likeness (QED) is 0.743. The molecule has 2 aromatic heterocycles. The Morgan fingerprint density at radius 1 is 1.39 bits per heavy atom. The van der Waals surface area contributed by atoms with Crippen LogP contribution in [0, 0.1) is 0 Å². The number of aromatic nitrogens is 3. The molecule has 0 unspecified atom stereocenters. The molecule has 1 amide bonds. The van der Waals surface area contributed by atoms with E-state index in [4.69, 9.17) is 4.74 Å². The third-order valence-electron chi connectivity index (χ3n) is 4.54. The molecule has 1 aliphatic rings. The third-order valence-corrected chi connectivity index (χ3v) is 4.54. The van der Waals surface area contributed by atoms with Crippen molar-refractivity contribution in [2.24, 2.45) is 0 Å². The fraction of sp³-hybridized carbons (Fsp3) is 0.381. The highest BCUT2D eigenvalue weighted by Gasteiger charge is 2.22. The van der Waals surface area contributed by atoms with Gasteiger partial charge in [-0.15, -0.1) is 0 Å². The average molecular weight is 384 g/mol. The number of H-pyrrole nitrogens is 1. The van der Waals surface area contributed by atoms with Gasteiger partial charge in [0.25, 0.3) is 5.91 Å². The van der Waals surface area contributed by atoms with Crippen LogP contribution in [-0.4, -0.2) is 59.0 Å². The first-order valence-electron chi connectivity index (χ1n) is 9.50. The average Bonchev–Trinajstić information content (AvgIpc) is 3.20. The minimum absolute atomic E-state index is 0.0617. The molecule has 0 radical (unpaired) electrons. The van der Waals surface area contributed by atoms with Crippen molar-refractivity contribution in [1.82, 2.24) is 20.1 Å². The van der Waals surface area contributed by atoms with Crippen LogP contribution in [0.1, 0.15) is 29.4 Å². The fourth-order valence-corrected chi connectivity index (χ4v) is 3.19. The van der Waals surface area contributed by atoms with E-state index in [0.29, 0.717) is 44.0 Å². The largest absolute Gasteiger partial charge is 0.378 e. The first-order valence-corrected chi connectivity index (χ1v) is 9.50. The lowest BCUT2D eigenvalue weighted by molar-refractivity contribution is 0.0303. The number of nitrogens with zero attached hydrogens (tertiary/aromatic N) is 3. The lowest BCUT2D eigenvalue weighted by atomic mass is 10.0. The standard InChI is InChI=1S/C21H25FN4O2/c1-2-4-16(5-3-7-22)13-17-14-20(25-24-17)18-6-8-23-15-19(18)21(27)26-9-11-28-12-10-26/h3-6,8,14-15H,2,7,9-13H2,1H3,(H,24,25)/b5-3-,16-4+. The Balaban J connectivity index is 1.82. The van der Waals surface area contributed by atoms with E-state index in [-0.39, 0.29) is 5.91 Å². The van der Waals surface area contributed by atoms with E-state index in [1.165, 1.54) is 6.08 Å². The lowest BCUT2D eigenvalue weighted by Gasteiger charge is -2.27. The molecule has 7 heteroatoms. The molecule has 1 fully saturated rings. The number of allylic oxidation sites excluding steroid dienone is 4. The zero-order valence-corrected chi connectivity index (χ0v) is 16.0. The van der Waals surface area contributed by atoms with Crippen LogP contribution < -0.4 is 0 Å². The molecule has 28 heavy (non-hydrogen) atoms. The highest BCUT2D eigenvalue weighted by molar-refractivity contribution is 6.00. The molecule has 3 heterocycles. The van der Waals surface area contributed by atoms with Crippen molar-refractivity contribution in [2.45, 2.75) is 19.8 Å². The van der Waals surface area contributed by atoms with Gasteiger partial charge in [-0.1, -0.05) is 25.2 Å². The molecule has 1 N–H and O–H groups in total. The maximum atomic E-state index is 12.9. The second-order valence-corrected chi connectivity index (χ2v) is 6.52. The van der Waals surface area contributed by atoms with E-state index < -0.39 is 6.67 Å². The zero-order valence-electron chi connectivity index (χ0n) is 16.0. The van der Waals surface area contributed by atoms with E-state index in [2.05, 4.69) is 21.3 Å². The van der Waals surface area contributed by atoms with Gasteiger partial charge in [0.05, 0.1) is 24.5 Å². The summed E-state index contributed by atoms with van der Waals surface area (Å²) in [5, 5.41) is 7.43. The molecule has 148 valence electrons. The number of amides is 1. The van der Waals surface area contributed by atoms with Gasteiger partial charge in [-0.05, 0) is 24.1 Å². The van der Waals surface area contributed by atoms with Crippen molar-refractivity contribution in [3.8, 4) is 11.3 Å². The number of hydrogen-bond donors (Lipinski definition) is 1. The summed E-state index contributed by atoms with van der Waals surface area (Å²) in [5.74, 6) is -0.0617. The SMILES string of the molecule is CC/C=C(\C=C/CF)Cc1cc(-c2ccncc2C(=O)N2CCOCC2)n[nH]1. The summed E-state index contributed by atoms with van der Waals surface area (Å²) in [4.78, 5) is 18.8. The number of rotatable bonds is 7. The molecular weight excluding hydrogens is 359 g/mol. The molecule has 0 aromatic carbocycles. The van der Waals surface area contributed by atoms with E-state index in [9.17, 15) is 9.18 Å². The number of alkyl halides is 1. The van der Waals surface area contributed by atoms with Crippen molar-refractivity contribution < 1.29 is 13.9 Å².